The Morgan fingerprint density at radius 3 is 1.12 bits per heavy atom. The van der Waals surface area contributed by atoms with Crippen molar-refractivity contribution >= 4 is 146 Å². The van der Waals surface area contributed by atoms with Crippen LogP contribution in [0.2, 0.25) is 70.4 Å². The average molecular weight is 1580 g/mol. The minimum absolute atomic E-state index is 0. The highest BCUT2D eigenvalue weighted by molar-refractivity contribution is 6.84. The molecule has 12 rings (SSSR count). The van der Waals surface area contributed by atoms with Crippen molar-refractivity contribution in [2.24, 2.45) is 0 Å². The van der Waals surface area contributed by atoms with Gasteiger partial charge in [-0.25, -0.2) is 34.9 Å². The Kier molecular flexibility index (Phi) is 32.5. The van der Waals surface area contributed by atoms with Gasteiger partial charge in [0.05, 0.1) is 0 Å². The van der Waals surface area contributed by atoms with E-state index in [2.05, 4.69) is 229 Å². The lowest BCUT2D eigenvalue weighted by Crippen LogP contribution is -3.00. The first kappa shape index (κ1) is 87.3. The van der Waals surface area contributed by atoms with Gasteiger partial charge in [-0.3, -0.25) is 4.79 Å². The number of nitrogens with zero attached hydrogens (tertiary/aromatic N) is 10. The molecule has 0 amide bonds. The average Bonchev–Trinajstić information content (AvgIpc) is 1.56. The van der Waals surface area contributed by atoms with E-state index >= 15 is 0 Å². The number of nitrogens with one attached hydrogen (secondary N) is 1. The van der Waals surface area contributed by atoms with Gasteiger partial charge in [0.25, 0.3) is 0 Å². The Bertz CT molecular complexity index is 4590. The SMILES string of the molecule is C.CC(C)[Si](C(C)C)(C(C)C)n1cc(/C=C/c2ccc(Cl)cc2)c2cccnc21.CC(C)[Si](C(C)C)(C(C)C)n1cc(/C=C\c2ccc([ClH+])nc2)c2cccnc21.CC(C)[Si](C(C)C)(C(C)C)n1cc(C=O)c2cccnc21.CCc1ccc(Cl)nc1.Clc1ccc(/C=C\c2c[nH]c3ncccc23)cn1.[Cl-]. The molecule has 1 N–H and O–H groups in total. The summed E-state index contributed by atoms with van der Waals surface area (Å²) in [5.41, 5.74) is 18.3. The molecule has 0 aliphatic rings. The van der Waals surface area contributed by atoms with Crippen LogP contribution in [0.5, 0.6) is 0 Å². The highest BCUT2D eigenvalue weighted by Crippen LogP contribution is 2.48. The quantitative estimate of drug-likeness (QED) is 0.0452. The Hall–Kier alpha value is -7.58. The minimum Gasteiger partial charge on any atom is -1.00 e. The number of rotatable bonds is 20. The molecule has 0 fully saturated rings. The van der Waals surface area contributed by atoms with E-state index in [0.29, 0.717) is 65.3 Å². The van der Waals surface area contributed by atoms with Crippen LogP contribution in [0.25, 0.3) is 80.6 Å². The zero-order valence-corrected chi connectivity index (χ0v) is 71.3. The zero-order chi connectivity index (χ0) is 75.8. The van der Waals surface area contributed by atoms with Crippen molar-refractivity contribution in [3.63, 3.8) is 0 Å². The number of hydrogen-bond acceptors (Lipinski definition) is 8. The Labute approximate surface area is 660 Å². The van der Waals surface area contributed by atoms with E-state index in [0.717, 1.165) is 78.9 Å². The molecule has 11 heterocycles. The molecule has 0 aliphatic carbocycles. The van der Waals surface area contributed by atoms with E-state index in [1.807, 2.05) is 128 Å². The number of carbonyl (C=O) groups is 1. The highest BCUT2D eigenvalue weighted by Gasteiger charge is 2.49. The molecule has 0 saturated heterocycles. The fourth-order valence-electron chi connectivity index (χ4n) is 16.8. The van der Waals surface area contributed by atoms with Crippen molar-refractivity contribution in [1.82, 2.24) is 52.6 Å². The lowest BCUT2D eigenvalue weighted by Gasteiger charge is -2.44. The second-order valence-corrected chi connectivity index (χ2v) is 48.3. The lowest BCUT2D eigenvalue weighted by molar-refractivity contribution is -0.296. The predicted octanol–water partition coefficient (Wildman–Crippen LogP) is 22.8. The number of carbonyl (C=O) groups excluding carboxylic acids is 1. The first-order chi connectivity index (χ1) is 49.6. The summed E-state index contributed by atoms with van der Waals surface area (Å²) in [6.45, 7) is 44.7. The van der Waals surface area contributed by atoms with Gasteiger partial charge in [0.15, 0.2) is 42.6 Å². The predicted molar refractivity (Wildman–Crippen MR) is 458 cm³/mol. The summed E-state index contributed by atoms with van der Waals surface area (Å²) in [6, 6.07) is 35.7. The molecule has 1 aromatic carbocycles. The van der Waals surface area contributed by atoms with Crippen LogP contribution in [0.1, 0.15) is 188 Å². The summed E-state index contributed by atoms with van der Waals surface area (Å²) in [6.07, 6.45) is 36.2. The van der Waals surface area contributed by atoms with Gasteiger partial charge < -0.3 is 30.1 Å². The van der Waals surface area contributed by atoms with Crippen molar-refractivity contribution in [1.29, 1.82) is 0 Å². The number of H-pyrrole nitrogens is 1. The molecule has 12 aromatic rings. The molecule has 106 heavy (non-hydrogen) atoms. The molecule has 0 radical (unpaired) electrons. The number of aryl methyl sites for hydroxylation is 1. The van der Waals surface area contributed by atoms with Crippen LogP contribution in [0, 0.1) is 11.6 Å². The van der Waals surface area contributed by atoms with Gasteiger partial charge in [-0.1, -0.05) is 235 Å². The summed E-state index contributed by atoms with van der Waals surface area (Å²) < 4.78 is 7.56. The van der Waals surface area contributed by atoms with Crippen molar-refractivity contribution < 1.29 is 28.8 Å². The van der Waals surface area contributed by atoms with Gasteiger partial charge in [0, 0.05) is 123 Å². The molecule has 0 aliphatic heterocycles. The molecule has 12 nitrogen and oxygen atoms in total. The minimum atomic E-state index is -1.87. The molecule has 11 aromatic heterocycles. The van der Waals surface area contributed by atoms with E-state index in [9.17, 15) is 4.79 Å². The topological polar surface area (TPSA) is 138 Å². The molecule has 0 bridgehead atoms. The monoisotopic (exact) mass is 1570 g/mol. The van der Waals surface area contributed by atoms with E-state index in [4.69, 9.17) is 56.4 Å². The number of halogens is 5. The second kappa shape index (κ2) is 39.5. The van der Waals surface area contributed by atoms with Crippen molar-refractivity contribution in [3.8, 4) is 0 Å². The maximum absolute atomic E-state index is 11.4. The van der Waals surface area contributed by atoms with Crippen LogP contribution >= 0.6 is 34.8 Å². The fourth-order valence-corrected chi connectivity index (χ4v) is 37.0. The van der Waals surface area contributed by atoms with Gasteiger partial charge in [0.2, 0.25) is 0 Å². The van der Waals surface area contributed by atoms with Gasteiger partial charge >= 0.3 is 5.15 Å². The Morgan fingerprint density at radius 1 is 0.406 bits per heavy atom. The summed E-state index contributed by atoms with van der Waals surface area (Å²) in [5, 5.41) is 6.98. The van der Waals surface area contributed by atoms with Crippen LogP contribution in [-0.2, 0) is 6.42 Å². The molecule has 562 valence electrons. The van der Waals surface area contributed by atoms with Crippen LogP contribution in [-0.4, -0.2) is 83.6 Å². The first-order valence-electron chi connectivity index (χ1n) is 36.5. The van der Waals surface area contributed by atoms with Crippen LogP contribution in [0.4, 0.5) is 0 Å². The lowest BCUT2D eigenvalue weighted by atomic mass is 10.1. The van der Waals surface area contributed by atoms with Crippen molar-refractivity contribution in [3.05, 3.63) is 242 Å². The summed E-state index contributed by atoms with van der Waals surface area (Å²) in [5.74, 6) is 0. The Morgan fingerprint density at radius 2 is 0.755 bits per heavy atom. The van der Waals surface area contributed by atoms with Gasteiger partial charge in [-0.05, 0) is 157 Å². The van der Waals surface area contributed by atoms with E-state index in [1.54, 1.807) is 30.7 Å². The van der Waals surface area contributed by atoms with E-state index in [1.165, 1.54) is 27.5 Å². The molecular weight excluding hydrogens is 1460 g/mol. The molecule has 0 unspecified atom stereocenters. The number of aldehydes is 1. The van der Waals surface area contributed by atoms with E-state index < -0.39 is 24.7 Å². The third kappa shape index (κ3) is 19.5. The summed E-state index contributed by atoms with van der Waals surface area (Å²) >= 11 is 22.4. The summed E-state index contributed by atoms with van der Waals surface area (Å²) in [7, 11) is -5.60. The van der Waals surface area contributed by atoms with Crippen molar-refractivity contribution in [2.75, 3.05) is 0 Å². The number of fused-ring (bicyclic) bond motifs is 4. The number of benzene rings is 1. The Balaban J connectivity index is 0.000000214. The second-order valence-electron chi connectivity index (χ2n) is 29.5. The molecular formula is C86H110Cl5N11OSi3. The van der Waals surface area contributed by atoms with E-state index in [-0.39, 0.29) is 19.8 Å². The number of aromatic amines is 1. The van der Waals surface area contributed by atoms with Crippen molar-refractivity contribution in [2.45, 2.75) is 195 Å². The largest absolute Gasteiger partial charge is 1.00 e. The molecule has 0 atom stereocenters. The number of aromatic nitrogens is 11. The molecule has 20 heteroatoms. The zero-order valence-electron chi connectivity index (χ0n) is 64.5. The molecule has 0 saturated carbocycles. The maximum atomic E-state index is 11.4. The molecule has 0 spiro atoms. The highest BCUT2D eigenvalue weighted by atomic mass is 35.5. The van der Waals surface area contributed by atoms with Gasteiger partial charge in [-0.2, -0.15) is 0 Å². The maximum Gasteiger partial charge on any atom is 0.318 e. The standard InChI is InChI=1S/C24H31ClN2Si.C23H31ClN3Si.C17H26N2OSi.C14H10ClN3.C7H8ClN.CH4.ClH/c1-17(2)28(18(3)4,19(5)6)27-16-21(23-8-7-15-26-24(23)27)12-9-20-10-13-22(25)14-11-20;1-16(2)28(17(3)4,18(5)6)27-15-20(21-8-7-13-25-23(21)27)11-9-19-10-12-22(24)26-14-19;1-12(2)21(13(3)4,14(5)6)19-10-15(11-20)16-8-7-9-18-17(16)19;15-13-6-4-10(8-17-13)3-5-11-9-18-14-12(11)2-1-7-16-14;1-2-6-3-4-7(8)9-5-6;;/h7-19H,1-6H3;7-18,24H,1-6H3;7-14H,1-6H3;1-9H,(H,16,18);3-5H,2H2,1H3;1H4;1H/q;+1;;;;;/p-1/b12-9+;11-9-;;5-3-;;;. The first-order valence-corrected chi connectivity index (χ1v) is 44.6. The third-order valence-electron chi connectivity index (χ3n) is 20.9. The summed E-state index contributed by atoms with van der Waals surface area (Å²) in [4.78, 5) is 45.2. The third-order valence-corrected chi connectivity index (χ3v) is 42.0. The normalized spacial score (nSPS) is 12.1. The van der Waals surface area contributed by atoms with Crippen LogP contribution < -0.4 is 12.4 Å². The smallest absolute Gasteiger partial charge is 0.318 e. The van der Waals surface area contributed by atoms with Gasteiger partial charge in [0.1, 0.15) is 32.9 Å². The van der Waals surface area contributed by atoms with Gasteiger partial charge in [-0.15, -0.1) is 0 Å². The fraction of sp³-hybridized carbons (Fsp3) is 0.349. The van der Waals surface area contributed by atoms with Crippen LogP contribution in [0.15, 0.2) is 177 Å². The number of pyridine rings is 7. The van der Waals surface area contributed by atoms with Crippen LogP contribution in [0.3, 0.4) is 0 Å². The number of hydrogen-bond donors (Lipinski definition) is 1.